The van der Waals surface area contributed by atoms with Crippen molar-refractivity contribution in [2.75, 3.05) is 0 Å². The van der Waals surface area contributed by atoms with Crippen molar-refractivity contribution in [3.8, 4) is 6.07 Å². The van der Waals surface area contributed by atoms with Gasteiger partial charge in [0, 0.05) is 5.69 Å². The first-order valence-electron chi connectivity index (χ1n) is 7.67. The Morgan fingerprint density at radius 3 is 2.62 bits per heavy atom. The highest BCUT2D eigenvalue weighted by Crippen LogP contribution is 2.33. The molecule has 1 saturated carbocycles. The molecular weight excluding hydrogens is 262 g/mol. The topological polar surface area (TPSA) is 65.8 Å². The molecule has 1 heterocycles. The third kappa shape index (κ3) is 3.41. The molecule has 0 unspecified atom stereocenters. The first-order valence-corrected chi connectivity index (χ1v) is 7.67. The molecule has 0 atom stereocenters. The van der Waals surface area contributed by atoms with Crippen LogP contribution in [0.15, 0.2) is 12.1 Å². The predicted molar refractivity (Wildman–Crippen MR) is 81.8 cm³/mol. The lowest BCUT2D eigenvalue weighted by Gasteiger charge is -2.35. The molecule has 0 bridgehead atoms. The van der Waals surface area contributed by atoms with E-state index in [1.165, 1.54) is 0 Å². The number of rotatable bonds is 3. The van der Waals surface area contributed by atoms with Crippen LogP contribution < -0.4 is 5.32 Å². The standard InChI is InChI=1S/C17H23N3O/c1-4-14-7-9-17(11-18,10-8-14)20-16(21)15-6-5-12(2)19-13(15)3/h5-6,14H,4,7-10H2,1-3H3,(H,20,21). The Morgan fingerprint density at radius 2 is 2.10 bits per heavy atom. The summed E-state index contributed by atoms with van der Waals surface area (Å²) in [5, 5.41) is 12.5. The Kier molecular flexibility index (Phi) is 4.62. The van der Waals surface area contributed by atoms with Crippen LogP contribution in [0.1, 0.15) is 60.8 Å². The summed E-state index contributed by atoms with van der Waals surface area (Å²) >= 11 is 0. The van der Waals surface area contributed by atoms with E-state index in [1.54, 1.807) is 6.07 Å². The molecule has 1 aliphatic rings. The zero-order chi connectivity index (χ0) is 15.5. The normalized spacial score (nSPS) is 25.1. The molecule has 0 radical (unpaired) electrons. The van der Waals surface area contributed by atoms with Crippen molar-refractivity contribution < 1.29 is 4.79 Å². The first-order chi connectivity index (χ1) is 9.99. The van der Waals surface area contributed by atoms with E-state index in [0.29, 0.717) is 17.2 Å². The van der Waals surface area contributed by atoms with Gasteiger partial charge < -0.3 is 5.32 Å². The van der Waals surface area contributed by atoms with Crippen LogP contribution in [0, 0.1) is 31.1 Å². The number of hydrogen-bond acceptors (Lipinski definition) is 3. The minimum atomic E-state index is -0.708. The van der Waals surface area contributed by atoms with E-state index < -0.39 is 5.54 Å². The van der Waals surface area contributed by atoms with Crippen molar-refractivity contribution in [1.29, 1.82) is 5.26 Å². The Bertz CT molecular complexity index is 566. The molecular formula is C17H23N3O. The molecule has 112 valence electrons. The molecule has 21 heavy (non-hydrogen) atoms. The highest BCUT2D eigenvalue weighted by molar-refractivity contribution is 5.95. The van der Waals surface area contributed by atoms with Gasteiger partial charge in [0.05, 0.1) is 17.3 Å². The Hall–Kier alpha value is -1.89. The molecule has 1 N–H and O–H groups in total. The van der Waals surface area contributed by atoms with Crippen molar-refractivity contribution in [2.45, 2.75) is 58.4 Å². The number of carbonyl (C=O) groups is 1. The number of aryl methyl sites for hydroxylation is 2. The van der Waals surface area contributed by atoms with E-state index >= 15 is 0 Å². The van der Waals surface area contributed by atoms with Crippen molar-refractivity contribution in [1.82, 2.24) is 10.3 Å². The lowest BCUT2D eigenvalue weighted by molar-refractivity contribution is 0.0890. The fourth-order valence-corrected chi connectivity index (χ4v) is 3.05. The monoisotopic (exact) mass is 285 g/mol. The summed E-state index contributed by atoms with van der Waals surface area (Å²) in [5.41, 5.74) is 1.46. The zero-order valence-corrected chi connectivity index (χ0v) is 13.1. The van der Waals surface area contributed by atoms with E-state index in [9.17, 15) is 10.1 Å². The van der Waals surface area contributed by atoms with Gasteiger partial charge in [0.2, 0.25) is 0 Å². The second kappa shape index (κ2) is 6.26. The summed E-state index contributed by atoms with van der Waals surface area (Å²) in [6, 6.07) is 5.96. The largest absolute Gasteiger partial charge is 0.334 e. The molecule has 0 aliphatic heterocycles. The Morgan fingerprint density at radius 1 is 1.43 bits per heavy atom. The van der Waals surface area contributed by atoms with Gasteiger partial charge >= 0.3 is 0 Å². The highest BCUT2D eigenvalue weighted by Gasteiger charge is 2.36. The quantitative estimate of drug-likeness (QED) is 0.926. The van der Waals surface area contributed by atoms with Gasteiger partial charge in [0.15, 0.2) is 0 Å². The average molecular weight is 285 g/mol. The van der Waals surface area contributed by atoms with Crippen molar-refractivity contribution >= 4 is 5.91 Å². The van der Waals surface area contributed by atoms with E-state index in [4.69, 9.17) is 0 Å². The van der Waals surface area contributed by atoms with Gasteiger partial charge in [-0.1, -0.05) is 13.3 Å². The van der Waals surface area contributed by atoms with Crippen LogP contribution in [0.2, 0.25) is 0 Å². The zero-order valence-electron chi connectivity index (χ0n) is 13.1. The molecule has 4 heteroatoms. The number of amides is 1. The number of nitrogens with one attached hydrogen (secondary N) is 1. The maximum absolute atomic E-state index is 12.5. The molecule has 1 aromatic rings. The number of pyridine rings is 1. The van der Waals surface area contributed by atoms with E-state index in [0.717, 1.165) is 37.8 Å². The van der Waals surface area contributed by atoms with E-state index in [1.807, 2.05) is 19.9 Å². The molecule has 1 amide bonds. The van der Waals surface area contributed by atoms with Gasteiger partial charge in [-0.2, -0.15) is 5.26 Å². The van der Waals surface area contributed by atoms with Crippen LogP contribution in [0.25, 0.3) is 0 Å². The molecule has 0 spiro atoms. The van der Waals surface area contributed by atoms with Crippen LogP contribution in [-0.2, 0) is 0 Å². The SMILES string of the molecule is CCC1CCC(C#N)(NC(=O)c2ccc(C)nc2C)CC1. The third-order valence-electron chi connectivity index (χ3n) is 4.57. The summed E-state index contributed by atoms with van der Waals surface area (Å²) < 4.78 is 0. The minimum absolute atomic E-state index is 0.184. The first kappa shape index (κ1) is 15.5. The van der Waals surface area contributed by atoms with Crippen molar-refractivity contribution in [3.63, 3.8) is 0 Å². The van der Waals surface area contributed by atoms with Crippen molar-refractivity contribution in [3.05, 3.63) is 29.1 Å². The maximum Gasteiger partial charge on any atom is 0.254 e. The summed E-state index contributed by atoms with van der Waals surface area (Å²) in [6.45, 7) is 5.91. The lowest BCUT2D eigenvalue weighted by atomic mass is 9.76. The number of aromatic nitrogens is 1. The predicted octanol–water partition coefficient (Wildman–Crippen LogP) is 3.29. The molecule has 1 aliphatic carbocycles. The number of nitriles is 1. The maximum atomic E-state index is 12.5. The fraction of sp³-hybridized carbons (Fsp3) is 0.588. The smallest absolute Gasteiger partial charge is 0.254 e. The van der Waals surface area contributed by atoms with Crippen LogP contribution in [-0.4, -0.2) is 16.4 Å². The lowest BCUT2D eigenvalue weighted by Crippen LogP contribution is -2.49. The van der Waals surface area contributed by atoms with Gasteiger partial charge in [0.1, 0.15) is 5.54 Å². The van der Waals surface area contributed by atoms with Crippen LogP contribution in [0.5, 0.6) is 0 Å². The Labute approximate surface area is 126 Å². The van der Waals surface area contributed by atoms with Gasteiger partial charge in [-0.25, -0.2) is 0 Å². The molecule has 4 nitrogen and oxygen atoms in total. The van der Waals surface area contributed by atoms with Crippen LogP contribution in [0.3, 0.4) is 0 Å². The summed E-state index contributed by atoms with van der Waals surface area (Å²) in [6.07, 6.45) is 4.65. The van der Waals surface area contributed by atoms with Gasteiger partial charge in [-0.05, 0) is 57.6 Å². The molecule has 0 saturated heterocycles. The van der Waals surface area contributed by atoms with Crippen LogP contribution >= 0.6 is 0 Å². The number of carbonyl (C=O) groups excluding carboxylic acids is 1. The molecule has 1 aromatic heterocycles. The fourth-order valence-electron chi connectivity index (χ4n) is 3.05. The Balaban J connectivity index is 2.12. The molecule has 0 aromatic carbocycles. The number of hydrogen-bond donors (Lipinski definition) is 1. The molecule has 1 fully saturated rings. The van der Waals surface area contributed by atoms with Gasteiger partial charge in [-0.3, -0.25) is 9.78 Å². The van der Waals surface area contributed by atoms with Crippen molar-refractivity contribution in [2.24, 2.45) is 5.92 Å². The van der Waals surface area contributed by atoms with Crippen LogP contribution in [0.4, 0.5) is 0 Å². The average Bonchev–Trinajstić information content (AvgIpc) is 2.47. The highest BCUT2D eigenvalue weighted by atomic mass is 16.1. The second-order valence-electron chi connectivity index (χ2n) is 6.09. The van der Waals surface area contributed by atoms with E-state index in [-0.39, 0.29) is 5.91 Å². The second-order valence-corrected chi connectivity index (χ2v) is 6.09. The van der Waals surface area contributed by atoms with Gasteiger partial charge in [0.25, 0.3) is 5.91 Å². The summed E-state index contributed by atoms with van der Waals surface area (Å²) in [4.78, 5) is 16.8. The third-order valence-corrected chi connectivity index (χ3v) is 4.57. The van der Waals surface area contributed by atoms with Gasteiger partial charge in [-0.15, -0.1) is 0 Å². The minimum Gasteiger partial charge on any atom is -0.334 e. The summed E-state index contributed by atoms with van der Waals surface area (Å²) in [5.74, 6) is 0.502. The summed E-state index contributed by atoms with van der Waals surface area (Å²) in [7, 11) is 0. The molecule has 2 rings (SSSR count). The number of nitrogens with zero attached hydrogens (tertiary/aromatic N) is 2. The van der Waals surface area contributed by atoms with E-state index in [2.05, 4.69) is 23.3 Å².